The molecule has 3 heteroatoms. The molecule has 2 rings (SSSR count). The van der Waals surface area contributed by atoms with Crippen LogP contribution in [0.15, 0.2) is 0 Å². The predicted molar refractivity (Wildman–Crippen MR) is 57.3 cm³/mol. The smallest absolute Gasteiger partial charge is 0.0679 e. The van der Waals surface area contributed by atoms with Crippen LogP contribution in [-0.2, 0) is 0 Å². The van der Waals surface area contributed by atoms with Gasteiger partial charge in [0.1, 0.15) is 0 Å². The molecule has 2 fully saturated rings. The maximum Gasteiger partial charge on any atom is 0.0679 e. The van der Waals surface area contributed by atoms with Gasteiger partial charge < -0.3 is 10.0 Å². The van der Waals surface area contributed by atoms with Gasteiger partial charge in [0.2, 0.25) is 0 Å². The number of piperidine rings is 1. The topological polar surface area (TPSA) is 26.7 Å². The zero-order valence-corrected chi connectivity index (χ0v) is 9.15. The van der Waals surface area contributed by atoms with E-state index in [2.05, 4.69) is 16.7 Å². The fourth-order valence-electron chi connectivity index (χ4n) is 2.70. The molecule has 0 aromatic heterocycles. The summed E-state index contributed by atoms with van der Waals surface area (Å²) in [6.45, 7) is 7.94. The van der Waals surface area contributed by atoms with Crippen LogP contribution in [-0.4, -0.2) is 59.8 Å². The van der Waals surface area contributed by atoms with Gasteiger partial charge in [0.25, 0.3) is 0 Å². The minimum atomic E-state index is -0.0563. The second-order valence-corrected chi connectivity index (χ2v) is 4.60. The molecule has 0 spiro atoms. The van der Waals surface area contributed by atoms with Gasteiger partial charge in [-0.3, -0.25) is 4.90 Å². The van der Waals surface area contributed by atoms with Crippen molar-refractivity contribution in [3.05, 3.63) is 0 Å². The first-order valence-corrected chi connectivity index (χ1v) is 5.94. The van der Waals surface area contributed by atoms with Gasteiger partial charge in [-0.25, -0.2) is 0 Å². The summed E-state index contributed by atoms with van der Waals surface area (Å²) < 4.78 is 0. The lowest BCUT2D eigenvalue weighted by Crippen LogP contribution is -2.44. The van der Waals surface area contributed by atoms with Crippen LogP contribution in [0, 0.1) is 0 Å². The van der Waals surface area contributed by atoms with Crippen molar-refractivity contribution in [2.45, 2.75) is 38.3 Å². The summed E-state index contributed by atoms with van der Waals surface area (Å²) in [7, 11) is 0. The first-order valence-electron chi connectivity index (χ1n) is 5.94. The Hall–Kier alpha value is -0.120. The standard InChI is InChI=1S/C11H22N2O/c1-2-12-6-3-10(4-7-12)13-8-5-11(14)9-13/h10-11,14H,2-9H2,1H3. The van der Waals surface area contributed by atoms with E-state index < -0.39 is 0 Å². The Balaban J connectivity index is 1.78. The molecule has 2 aliphatic heterocycles. The van der Waals surface area contributed by atoms with E-state index in [1.54, 1.807) is 0 Å². The number of nitrogens with zero attached hydrogens (tertiary/aromatic N) is 2. The summed E-state index contributed by atoms with van der Waals surface area (Å²) >= 11 is 0. The van der Waals surface area contributed by atoms with Crippen LogP contribution in [0.5, 0.6) is 0 Å². The van der Waals surface area contributed by atoms with Gasteiger partial charge in [-0.2, -0.15) is 0 Å². The molecule has 2 saturated heterocycles. The molecule has 0 amide bonds. The van der Waals surface area contributed by atoms with Crippen molar-refractivity contribution in [3.8, 4) is 0 Å². The highest BCUT2D eigenvalue weighted by atomic mass is 16.3. The fourth-order valence-corrected chi connectivity index (χ4v) is 2.70. The fraction of sp³-hybridized carbons (Fsp3) is 1.00. The van der Waals surface area contributed by atoms with E-state index in [1.807, 2.05) is 0 Å². The molecule has 1 N–H and O–H groups in total. The number of β-amino-alcohol motifs (C(OH)–C–C–N with tert-alkyl or cyclic N) is 1. The summed E-state index contributed by atoms with van der Waals surface area (Å²) in [4.78, 5) is 5.00. The average molecular weight is 198 g/mol. The van der Waals surface area contributed by atoms with Crippen LogP contribution in [0.2, 0.25) is 0 Å². The second kappa shape index (κ2) is 4.60. The molecule has 2 aliphatic rings. The van der Waals surface area contributed by atoms with Gasteiger partial charge in [-0.1, -0.05) is 6.92 Å². The molecule has 1 atom stereocenters. The molecule has 0 radical (unpaired) electrons. The Morgan fingerprint density at radius 1 is 1.14 bits per heavy atom. The highest BCUT2D eigenvalue weighted by Gasteiger charge is 2.29. The Morgan fingerprint density at radius 3 is 2.36 bits per heavy atom. The largest absolute Gasteiger partial charge is 0.392 e. The van der Waals surface area contributed by atoms with E-state index in [9.17, 15) is 5.11 Å². The molecule has 82 valence electrons. The number of aliphatic hydroxyl groups is 1. The highest BCUT2D eigenvalue weighted by molar-refractivity contribution is 4.84. The summed E-state index contributed by atoms with van der Waals surface area (Å²) in [6, 6.07) is 0.745. The maximum absolute atomic E-state index is 9.48. The average Bonchev–Trinajstić information content (AvgIpc) is 2.65. The Kier molecular flexibility index (Phi) is 3.42. The van der Waals surface area contributed by atoms with Gasteiger partial charge >= 0.3 is 0 Å². The Morgan fingerprint density at radius 2 is 1.86 bits per heavy atom. The maximum atomic E-state index is 9.48. The summed E-state index contributed by atoms with van der Waals surface area (Å²) in [5, 5.41) is 9.48. The molecule has 0 aliphatic carbocycles. The zero-order valence-electron chi connectivity index (χ0n) is 9.15. The van der Waals surface area contributed by atoms with Gasteiger partial charge in [0, 0.05) is 19.1 Å². The van der Waals surface area contributed by atoms with Crippen molar-refractivity contribution in [2.75, 3.05) is 32.7 Å². The van der Waals surface area contributed by atoms with Gasteiger partial charge in [0.15, 0.2) is 0 Å². The molecule has 14 heavy (non-hydrogen) atoms. The van der Waals surface area contributed by atoms with E-state index in [0.29, 0.717) is 0 Å². The van der Waals surface area contributed by atoms with Crippen LogP contribution in [0.1, 0.15) is 26.2 Å². The third kappa shape index (κ3) is 2.27. The minimum Gasteiger partial charge on any atom is -0.392 e. The monoisotopic (exact) mass is 198 g/mol. The normalized spacial score (nSPS) is 32.6. The Bertz CT molecular complexity index is 178. The van der Waals surface area contributed by atoms with E-state index in [1.165, 1.54) is 32.5 Å². The van der Waals surface area contributed by atoms with E-state index in [0.717, 1.165) is 25.6 Å². The lowest BCUT2D eigenvalue weighted by molar-refractivity contribution is 0.111. The van der Waals surface area contributed by atoms with E-state index in [-0.39, 0.29) is 6.10 Å². The quantitative estimate of drug-likeness (QED) is 0.701. The lowest BCUT2D eigenvalue weighted by atomic mass is 10.0. The van der Waals surface area contributed by atoms with Crippen LogP contribution >= 0.6 is 0 Å². The van der Waals surface area contributed by atoms with Gasteiger partial charge in [0.05, 0.1) is 6.10 Å². The number of likely N-dealkylation sites (tertiary alicyclic amines) is 2. The number of hydrogen-bond acceptors (Lipinski definition) is 3. The van der Waals surface area contributed by atoms with Gasteiger partial charge in [-0.05, 0) is 38.9 Å². The summed E-state index contributed by atoms with van der Waals surface area (Å²) in [5.41, 5.74) is 0. The molecule has 0 aromatic rings. The molecular formula is C11H22N2O. The molecule has 0 aromatic carbocycles. The number of hydrogen-bond donors (Lipinski definition) is 1. The van der Waals surface area contributed by atoms with Crippen molar-refractivity contribution in [1.29, 1.82) is 0 Å². The van der Waals surface area contributed by atoms with Crippen molar-refractivity contribution in [1.82, 2.24) is 9.80 Å². The second-order valence-electron chi connectivity index (χ2n) is 4.60. The van der Waals surface area contributed by atoms with Crippen LogP contribution in [0.3, 0.4) is 0 Å². The summed E-state index contributed by atoms with van der Waals surface area (Å²) in [6.07, 6.45) is 3.51. The van der Waals surface area contributed by atoms with E-state index in [4.69, 9.17) is 0 Å². The first kappa shape index (κ1) is 10.4. The van der Waals surface area contributed by atoms with Crippen LogP contribution in [0.4, 0.5) is 0 Å². The van der Waals surface area contributed by atoms with Crippen molar-refractivity contribution >= 4 is 0 Å². The summed E-state index contributed by atoms with van der Waals surface area (Å²) in [5.74, 6) is 0. The molecule has 0 saturated carbocycles. The third-order valence-corrected chi connectivity index (χ3v) is 3.72. The third-order valence-electron chi connectivity index (χ3n) is 3.72. The van der Waals surface area contributed by atoms with Crippen molar-refractivity contribution in [3.63, 3.8) is 0 Å². The molecular weight excluding hydrogens is 176 g/mol. The molecule has 2 heterocycles. The molecule has 0 bridgehead atoms. The number of aliphatic hydroxyl groups excluding tert-OH is 1. The Labute approximate surface area is 86.7 Å². The lowest BCUT2D eigenvalue weighted by Gasteiger charge is -2.36. The van der Waals surface area contributed by atoms with Crippen LogP contribution < -0.4 is 0 Å². The first-order chi connectivity index (χ1) is 6.79. The predicted octanol–water partition coefficient (Wildman–Crippen LogP) is 0.537. The van der Waals surface area contributed by atoms with Crippen LogP contribution in [0.25, 0.3) is 0 Å². The molecule has 3 nitrogen and oxygen atoms in total. The van der Waals surface area contributed by atoms with E-state index >= 15 is 0 Å². The van der Waals surface area contributed by atoms with Gasteiger partial charge in [-0.15, -0.1) is 0 Å². The SMILES string of the molecule is CCN1CCC(N2CCC(O)C2)CC1. The minimum absolute atomic E-state index is 0.0563. The molecule has 1 unspecified atom stereocenters. The number of rotatable bonds is 2. The van der Waals surface area contributed by atoms with Crippen molar-refractivity contribution in [2.24, 2.45) is 0 Å². The highest BCUT2D eigenvalue weighted by Crippen LogP contribution is 2.20. The zero-order chi connectivity index (χ0) is 9.97. The van der Waals surface area contributed by atoms with Crippen molar-refractivity contribution < 1.29 is 5.11 Å².